The van der Waals surface area contributed by atoms with Gasteiger partial charge in [-0.3, -0.25) is 14.9 Å². The fourth-order valence-corrected chi connectivity index (χ4v) is 1.37. The highest BCUT2D eigenvalue weighted by Gasteiger charge is 2.28. The molecule has 0 spiro atoms. The summed E-state index contributed by atoms with van der Waals surface area (Å²) in [6.45, 7) is -0.766. The number of carboxylic acid groups (broad SMARTS) is 1. The van der Waals surface area contributed by atoms with Gasteiger partial charge >= 0.3 is 12.0 Å². The van der Waals surface area contributed by atoms with Gasteiger partial charge in [0.05, 0.1) is 6.61 Å². The van der Waals surface area contributed by atoms with Crippen molar-refractivity contribution < 1.29 is 29.4 Å². The summed E-state index contributed by atoms with van der Waals surface area (Å²) in [5.41, 5.74) is 0. The fourth-order valence-electron chi connectivity index (χ4n) is 1.37. The number of carbonyl (C=O) groups is 4. The molecule has 0 radical (unpaired) electrons. The van der Waals surface area contributed by atoms with Crippen molar-refractivity contribution in [3.63, 3.8) is 0 Å². The van der Waals surface area contributed by atoms with E-state index in [-0.39, 0.29) is 12.8 Å². The Morgan fingerprint density at radius 2 is 2.11 bits per heavy atom. The van der Waals surface area contributed by atoms with Crippen molar-refractivity contribution in [3.8, 4) is 0 Å². The van der Waals surface area contributed by atoms with Crippen LogP contribution >= 0.6 is 0 Å². The third-order valence-electron chi connectivity index (χ3n) is 2.33. The van der Waals surface area contributed by atoms with Crippen molar-refractivity contribution in [2.75, 3.05) is 6.61 Å². The van der Waals surface area contributed by atoms with Crippen LogP contribution < -0.4 is 16.0 Å². The molecular weight excluding hydrogens is 246 g/mol. The molecule has 1 rings (SSSR count). The van der Waals surface area contributed by atoms with Gasteiger partial charge in [0.15, 0.2) is 6.04 Å². The molecule has 1 aliphatic rings. The molecule has 0 aromatic heterocycles. The number of imide groups is 1. The summed E-state index contributed by atoms with van der Waals surface area (Å²) in [7, 11) is 0. The summed E-state index contributed by atoms with van der Waals surface area (Å²) < 4.78 is 0. The van der Waals surface area contributed by atoms with Gasteiger partial charge in [-0.1, -0.05) is 0 Å². The average molecular weight is 259 g/mol. The lowest BCUT2D eigenvalue weighted by molar-refractivity contribution is -0.140. The molecule has 1 heterocycles. The number of hydrogen-bond donors (Lipinski definition) is 5. The number of aliphatic carboxylic acids is 1. The number of amides is 4. The van der Waals surface area contributed by atoms with E-state index >= 15 is 0 Å². The summed E-state index contributed by atoms with van der Waals surface area (Å²) in [6, 6.07) is -3.24. The first-order valence-electron chi connectivity index (χ1n) is 5.18. The van der Waals surface area contributed by atoms with Gasteiger partial charge in [-0.15, -0.1) is 0 Å². The topological polar surface area (TPSA) is 145 Å². The summed E-state index contributed by atoms with van der Waals surface area (Å²) >= 11 is 0. The number of rotatable bonds is 4. The van der Waals surface area contributed by atoms with E-state index in [1.54, 1.807) is 0 Å². The number of carboxylic acids is 1. The van der Waals surface area contributed by atoms with E-state index in [1.807, 2.05) is 10.6 Å². The molecule has 1 aliphatic heterocycles. The zero-order valence-corrected chi connectivity index (χ0v) is 9.30. The summed E-state index contributed by atoms with van der Waals surface area (Å²) in [6.07, 6.45) is 0.244. The fraction of sp³-hybridized carbons (Fsp3) is 0.556. The molecule has 9 nitrogen and oxygen atoms in total. The molecular formula is C9H13N3O6. The molecule has 4 amide bonds. The molecule has 100 valence electrons. The predicted octanol–water partition coefficient (Wildman–Crippen LogP) is -2.46. The smallest absolute Gasteiger partial charge is 0.328 e. The summed E-state index contributed by atoms with van der Waals surface area (Å²) in [4.78, 5) is 44.0. The van der Waals surface area contributed by atoms with Crippen LogP contribution in [0.15, 0.2) is 0 Å². The van der Waals surface area contributed by atoms with E-state index in [4.69, 9.17) is 10.2 Å². The van der Waals surface area contributed by atoms with E-state index < -0.39 is 42.5 Å². The Hall–Kier alpha value is -2.16. The molecule has 0 bridgehead atoms. The standard InChI is InChI=1S/C9H13N3O6/c13-3-5(8(16)17)11-9(18)10-4-1-2-6(14)12-7(4)15/h4-5,13H,1-3H2,(H,16,17)(H2,10,11,18)(H,12,14,15)/t4?,5-/m0/s1. The highest BCUT2D eigenvalue weighted by molar-refractivity contribution is 6.01. The van der Waals surface area contributed by atoms with E-state index in [0.29, 0.717) is 0 Å². The van der Waals surface area contributed by atoms with Crippen LogP contribution in [0.5, 0.6) is 0 Å². The van der Waals surface area contributed by atoms with Crippen LogP contribution in [0.25, 0.3) is 0 Å². The van der Waals surface area contributed by atoms with Crippen LogP contribution in [0.1, 0.15) is 12.8 Å². The number of urea groups is 1. The highest BCUT2D eigenvalue weighted by atomic mass is 16.4. The summed E-state index contributed by atoms with van der Waals surface area (Å²) in [5, 5.41) is 23.5. The van der Waals surface area contributed by atoms with Gasteiger partial charge in [-0.05, 0) is 6.42 Å². The minimum absolute atomic E-state index is 0.0963. The average Bonchev–Trinajstić information content (AvgIpc) is 2.29. The van der Waals surface area contributed by atoms with Crippen molar-refractivity contribution in [2.45, 2.75) is 24.9 Å². The van der Waals surface area contributed by atoms with Gasteiger partial charge in [0.25, 0.3) is 0 Å². The van der Waals surface area contributed by atoms with Gasteiger partial charge < -0.3 is 20.8 Å². The molecule has 1 fully saturated rings. The van der Waals surface area contributed by atoms with Crippen LogP contribution in [0.2, 0.25) is 0 Å². The lowest BCUT2D eigenvalue weighted by atomic mass is 10.1. The highest BCUT2D eigenvalue weighted by Crippen LogP contribution is 2.03. The van der Waals surface area contributed by atoms with Crippen LogP contribution in [-0.4, -0.2) is 52.7 Å². The lowest BCUT2D eigenvalue weighted by Crippen LogP contribution is -2.56. The van der Waals surface area contributed by atoms with Crippen molar-refractivity contribution >= 4 is 23.8 Å². The number of hydrogen-bond acceptors (Lipinski definition) is 5. The Balaban J connectivity index is 2.47. The van der Waals surface area contributed by atoms with Crippen LogP contribution in [0, 0.1) is 0 Å². The monoisotopic (exact) mass is 259 g/mol. The van der Waals surface area contributed by atoms with Crippen molar-refractivity contribution in [1.82, 2.24) is 16.0 Å². The number of carbonyl (C=O) groups excluding carboxylic acids is 3. The molecule has 9 heteroatoms. The normalized spacial score (nSPS) is 20.8. The molecule has 0 aromatic rings. The van der Waals surface area contributed by atoms with Crippen LogP contribution in [-0.2, 0) is 14.4 Å². The quantitative estimate of drug-likeness (QED) is 0.354. The van der Waals surface area contributed by atoms with E-state index in [2.05, 4.69) is 5.32 Å². The van der Waals surface area contributed by atoms with Gasteiger partial charge in [0.1, 0.15) is 6.04 Å². The Kier molecular flexibility index (Phi) is 4.60. The molecule has 2 atom stereocenters. The minimum atomic E-state index is -1.45. The predicted molar refractivity (Wildman–Crippen MR) is 56.3 cm³/mol. The second kappa shape index (κ2) is 5.96. The number of aliphatic hydroxyl groups is 1. The molecule has 1 unspecified atom stereocenters. The van der Waals surface area contributed by atoms with Crippen molar-refractivity contribution in [2.24, 2.45) is 0 Å². The van der Waals surface area contributed by atoms with Gasteiger partial charge in [-0.25, -0.2) is 9.59 Å². The maximum absolute atomic E-state index is 11.4. The second-order valence-electron chi connectivity index (χ2n) is 3.69. The summed E-state index contributed by atoms with van der Waals surface area (Å²) in [5.74, 6) is -2.45. The Labute approximate surface area is 102 Å². The molecule has 0 saturated carbocycles. The van der Waals surface area contributed by atoms with E-state index in [1.165, 1.54) is 0 Å². The Morgan fingerprint density at radius 3 is 2.61 bits per heavy atom. The van der Waals surface area contributed by atoms with Gasteiger partial charge in [0, 0.05) is 6.42 Å². The zero-order valence-electron chi connectivity index (χ0n) is 9.30. The Morgan fingerprint density at radius 1 is 1.44 bits per heavy atom. The Bertz CT molecular complexity index is 382. The van der Waals surface area contributed by atoms with Crippen molar-refractivity contribution in [3.05, 3.63) is 0 Å². The molecule has 5 N–H and O–H groups in total. The van der Waals surface area contributed by atoms with E-state index in [0.717, 1.165) is 0 Å². The van der Waals surface area contributed by atoms with Crippen LogP contribution in [0.4, 0.5) is 4.79 Å². The molecule has 0 aliphatic carbocycles. The maximum atomic E-state index is 11.4. The third-order valence-corrected chi connectivity index (χ3v) is 2.33. The first-order valence-corrected chi connectivity index (χ1v) is 5.18. The first-order chi connectivity index (χ1) is 8.43. The third kappa shape index (κ3) is 3.70. The minimum Gasteiger partial charge on any atom is -0.480 e. The zero-order chi connectivity index (χ0) is 13.7. The van der Waals surface area contributed by atoms with E-state index in [9.17, 15) is 19.2 Å². The van der Waals surface area contributed by atoms with Crippen LogP contribution in [0.3, 0.4) is 0 Å². The first kappa shape index (κ1) is 13.9. The SMILES string of the molecule is O=C1CCC(NC(=O)N[C@@H](CO)C(=O)O)C(=O)N1. The second-order valence-corrected chi connectivity index (χ2v) is 3.69. The lowest BCUT2D eigenvalue weighted by Gasteiger charge is -2.22. The van der Waals surface area contributed by atoms with Gasteiger partial charge in [0.2, 0.25) is 11.8 Å². The number of aliphatic hydroxyl groups excluding tert-OH is 1. The van der Waals surface area contributed by atoms with Crippen molar-refractivity contribution in [1.29, 1.82) is 0 Å². The molecule has 0 aromatic carbocycles. The molecule has 18 heavy (non-hydrogen) atoms. The largest absolute Gasteiger partial charge is 0.480 e. The molecule has 1 saturated heterocycles. The maximum Gasteiger partial charge on any atom is 0.328 e. The number of piperidine rings is 1. The number of nitrogens with one attached hydrogen (secondary N) is 3. The van der Waals surface area contributed by atoms with Gasteiger partial charge in [-0.2, -0.15) is 0 Å².